The first-order valence-corrected chi connectivity index (χ1v) is 9.72. The van der Waals surface area contributed by atoms with E-state index in [0.717, 1.165) is 28.1 Å². The minimum absolute atomic E-state index is 0.0258. The quantitative estimate of drug-likeness (QED) is 0.745. The maximum absolute atomic E-state index is 12.5. The maximum Gasteiger partial charge on any atom is 0.243 e. The van der Waals surface area contributed by atoms with Crippen molar-refractivity contribution in [3.8, 4) is 0 Å². The molecule has 2 amide bonds. The summed E-state index contributed by atoms with van der Waals surface area (Å²) in [6, 6.07) is 14.1. The fourth-order valence-electron chi connectivity index (χ4n) is 3.11. The van der Waals surface area contributed by atoms with Crippen molar-refractivity contribution in [2.24, 2.45) is 0 Å². The first-order chi connectivity index (χ1) is 13.7. The number of benzene rings is 2. The number of nitrogens with one attached hydrogen (secondary N) is 1. The summed E-state index contributed by atoms with van der Waals surface area (Å²) in [7, 11) is 7.58. The van der Waals surface area contributed by atoms with Gasteiger partial charge in [-0.25, -0.2) is 0 Å². The zero-order valence-electron chi connectivity index (χ0n) is 18.3. The van der Waals surface area contributed by atoms with Crippen molar-refractivity contribution >= 4 is 23.2 Å². The molecule has 0 saturated heterocycles. The lowest BCUT2D eigenvalue weighted by atomic mass is 10.1. The van der Waals surface area contributed by atoms with E-state index in [2.05, 4.69) is 34.5 Å². The summed E-state index contributed by atoms with van der Waals surface area (Å²) in [5.41, 5.74) is 5.11. The number of anilines is 2. The molecule has 2 rings (SSSR count). The summed E-state index contributed by atoms with van der Waals surface area (Å²) in [6.45, 7) is 4.86. The van der Waals surface area contributed by atoms with Gasteiger partial charge in [0.15, 0.2) is 0 Å². The van der Waals surface area contributed by atoms with Crippen LogP contribution in [-0.2, 0) is 16.1 Å². The Balaban J connectivity index is 1.85. The highest BCUT2D eigenvalue weighted by Gasteiger charge is 2.16. The third-order valence-corrected chi connectivity index (χ3v) is 4.86. The molecule has 156 valence electrons. The van der Waals surface area contributed by atoms with Crippen molar-refractivity contribution in [3.63, 3.8) is 0 Å². The van der Waals surface area contributed by atoms with Crippen molar-refractivity contribution in [1.82, 2.24) is 9.80 Å². The Hall–Kier alpha value is -2.86. The highest BCUT2D eigenvalue weighted by molar-refractivity contribution is 5.95. The summed E-state index contributed by atoms with van der Waals surface area (Å²) in [6.07, 6.45) is 0. The molecule has 0 heterocycles. The summed E-state index contributed by atoms with van der Waals surface area (Å²) in [5.74, 6) is -0.283. The Morgan fingerprint density at radius 1 is 0.862 bits per heavy atom. The molecule has 0 atom stereocenters. The lowest BCUT2D eigenvalue weighted by Gasteiger charge is -2.22. The summed E-state index contributed by atoms with van der Waals surface area (Å²) < 4.78 is 0. The number of hydrogen-bond donors (Lipinski definition) is 1. The molecule has 0 radical (unpaired) electrons. The average molecular weight is 397 g/mol. The molecular weight excluding hydrogens is 364 g/mol. The Labute approximate surface area is 174 Å². The van der Waals surface area contributed by atoms with Crippen LogP contribution in [0.25, 0.3) is 0 Å². The number of nitrogens with zero attached hydrogens (tertiary/aromatic N) is 3. The fraction of sp³-hybridized carbons (Fsp3) is 0.391. The van der Waals surface area contributed by atoms with E-state index in [0.29, 0.717) is 6.54 Å². The Morgan fingerprint density at radius 3 is 2.00 bits per heavy atom. The molecular formula is C23H32N4O2. The van der Waals surface area contributed by atoms with Crippen molar-refractivity contribution in [1.29, 1.82) is 0 Å². The van der Waals surface area contributed by atoms with Gasteiger partial charge >= 0.3 is 0 Å². The summed E-state index contributed by atoms with van der Waals surface area (Å²) in [5, 5.41) is 2.92. The van der Waals surface area contributed by atoms with Crippen LogP contribution in [0.2, 0.25) is 0 Å². The van der Waals surface area contributed by atoms with Gasteiger partial charge in [0.25, 0.3) is 0 Å². The molecule has 6 nitrogen and oxygen atoms in total. The average Bonchev–Trinajstić information content (AvgIpc) is 2.65. The number of hydrogen-bond acceptors (Lipinski definition) is 4. The molecule has 6 heteroatoms. The molecule has 0 aliphatic rings. The van der Waals surface area contributed by atoms with E-state index in [4.69, 9.17) is 0 Å². The van der Waals surface area contributed by atoms with E-state index in [-0.39, 0.29) is 24.9 Å². The molecule has 2 aromatic carbocycles. The standard InChI is InChI=1S/C23H32N4O2/c1-17-8-7-9-18(2)23(17)24-21(28)15-27(6)22(29)16-26(5)14-19-10-12-20(13-11-19)25(3)4/h7-13H,14-16H2,1-6H3,(H,24,28). The molecule has 29 heavy (non-hydrogen) atoms. The minimum atomic E-state index is -0.194. The predicted octanol–water partition coefficient (Wildman–Crippen LogP) is 2.90. The monoisotopic (exact) mass is 396 g/mol. The topological polar surface area (TPSA) is 55.9 Å². The first-order valence-electron chi connectivity index (χ1n) is 9.72. The molecule has 0 aliphatic heterocycles. The molecule has 0 saturated carbocycles. The van der Waals surface area contributed by atoms with Gasteiger partial charge in [-0.05, 0) is 49.7 Å². The van der Waals surface area contributed by atoms with Gasteiger partial charge in [0.2, 0.25) is 11.8 Å². The minimum Gasteiger partial charge on any atom is -0.378 e. The third kappa shape index (κ3) is 6.61. The van der Waals surface area contributed by atoms with Crippen LogP contribution in [0.1, 0.15) is 16.7 Å². The van der Waals surface area contributed by atoms with Crippen molar-refractivity contribution in [3.05, 3.63) is 59.2 Å². The van der Waals surface area contributed by atoms with Crippen LogP contribution >= 0.6 is 0 Å². The van der Waals surface area contributed by atoms with Gasteiger partial charge in [-0.15, -0.1) is 0 Å². The highest BCUT2D eigenvalue weighted by atomic mass is 16.2. The second-order valence-electron chi connectivity index (χ2n) is 7.80. The van der Waals surface area contributed by atoms with Crippen LogP contribution in [0.3, 0.4) is 0 Å². The van der Waals surface area contributed by atoms with E-state index in [1.807, 2.05) is 58.1 Å². The molecule has 2 aromatic rings. The lowest BCUT2D eigenvalue weighted by Crippen LogP contribution is -2.40. The van der Waals surface area contributed by atoms with E-state index in [1.165, 1.54) is 4.90 Å². The number of carbonyl (C=O) groups excluding carboxylic acids is 2. The zero-order valence-corrected chi connectivity index (χ0v) is 18.3. The van der Waals surface area contributed by atoms with E-state index < -0.39 is 0 Å². The number of likely N-dealkylation sites (N-methyl/N-ethyl adjacent to an activating group) is 2. The van der Waals surface area contributed by atoms with E-state index in [9.17, 15) is 9.59 Å². The smallest absolute Gasteiger partial charge is 0.243 e. The molecule has 1 N–H and O–H groups in total. The number of carbonyl (C=O) groups is 2. The number of rotatable bonds is 8. The number of para-hydroxylation sites is 1. The normalized spacial score (nSPS) is 10.7. The first kappa shape index (κ1) is 22.4. The van der Waals surface area contributed by atoms with Crippen molar-refractivity contribution < 1.29 is 9.59 Å². The predicted molar refractivity (Wildman–Crippen MR) is 119 cm³/mol. The molecule has 0 fully saturated rings. The van der Waals surface area contributed by atoms with Gasteiger partial charge < -0.3 is 15.1 Å². The van der Waals surface area contributed by atoms with Gasteiger partial charge in [0.05, 0.1) is 13.1 Å². The SMILES string of the molecule is Cc1cccc(C)c1NC(=O)CN(C)C(=O)CN(C)Cc1ccc(N(C)C)cc1. The van der Waals surface area contributed by atoms with Gasteiger partial charge in [0, 0.05) is 39.1 Å². The van der Waals surface area contributed by atoms with E-state index >= 15 is 0 Å². The van der Waals surface area contributed by atoms with Crippen LogP contribution in [0, 0.1) is 13.8 Å². The van der Waals surface area contributed by atoms with Gasteiger partial charge in [-0.2, -0.15) is 0 Å². The largest absolute Gasteiger partial charge is 0.378 e. The van der Waals surface area contributed by atoms with Crippen LogP contribution in [-0.4, -0.2) is 62.9 Å². The van der Waals surface area contributed by atoms with Gasteiger partial charge in [0.1, 0.15) is 0 Å². The zero-order chi connectivity index (χ0) is 21.6. The summed E-state index contributed by atoms with van der Waals surface area (Å²) >= 11 is 0. The van der Waals surface area contributed by atoms with Crippen LogP contribution < -0.4 is 10.2 Å². The number of amides is 2. The second-order valence-corrected chi connectivity index (χ2v) is 7.80. The van der Waals surface area contributed by atoms with Crippen molar-refractivity contribution in [2.75, 3.05) is 51.5 Å². The molecule has 0 aliphatic carbocycles. The van der Waals surface area contributed by atoms with Crippen molar-refractivity contribution in [2.45, 2.75) is 20.4 Å². The van der Waals surface area contributed by atoms with Crippen LogP contribution in [0.5, 0.6) is 0 Å². The molecule has 0 bridgehead atoms. The van der Waals surface area contributed by atoms with Crippen LogP contribution in [0.4, 0.5) is 11.4 Å². The third-order valence-electron chi connectivity index (χ3n) is 4.86. The highest BCUT2D eigenvalue weighted by Crippen LogP contribution is 2.19. The maximum atomic E-state index is 12.5. The second kappa shape index (κ2) is 10.1. The molecule has 0 unspecified atom stereocenters. The van der Waals surface area contributed by atoms with Crippen LogP contribution in [0.15, 0.2) is 42.5 Å². The fourth-order valence-corrected chi connectivity index (χ4v) is 3.11. The van der Waals surface area contributed by atoms with E-state index in [1.54, 1.807) is 7.05 Å². The molecule has 0 spiro atoms. The molecule has 0 aromatic heterocycles. The van der Waals surface area contributed by atoms with Gasteiger partial charge in [-0.1, -0.05) is 30.3 Å². The Morgan fingerprint density at radius 2 is 1.45 bits per heavy atom. The lowest BCUT2D eigenvalue weighted by molar-refractivity contribution is -0.134. The Kier molecular flexibility index (Phi) is 7.79. The Bertz CT molecular complexity index is 826. The van der Waals surface area contributed by atoms with Gasteiger partial charge in [-0.3, -0.25) is 14.5 Å². The number of aryl methyl sites for hydroxylation is 2. The summed E-state index contributed by atoms with van der Waals surface area (Å²) in [4.78, 5) is 30.3.